The summed E-state index contributed by atoms with van der Waals surface area (Å²) in [6.07, 6.45) is 0. The smallest absolute Gasteiger partial charge is 0.338 e. The van der Waals surface area contributed by atoms with Crippen molar-refractivity contribution in [3.05, 3.63) is 71.3 Å². The summed E-state index contributed by atoms with van der Waals surface area (Å²) in [6.45, 7) is 4.63. The molecule has 0 bridgehead atoms. The van der Waals surface area contributed by atoms with Gasteiger partial charge in [-0.15, -0.1) is 0 Å². The van der Waals surface area contributed by atoms with Crippen LogP contribution < -0.4 is 0 Å². The first-order chi connectivity index (χ1) is 9.16. The molecule has 0 N–H and O–H groups in total. The van der Waals surface area contributed by atoms with E-state index in [-0.39, 0.29) is 5.97 Å². The van der Waals surface area contributed by atoms with Crippen LogP contribution in [-0.4, -0.2) is 5.97 Å². The fourth-order valence-corrected chi connectivity index (χ4v) is 1.81. The third kappa shape index (κ3) is 3.68. The predicted octanol–water partition coefficient (Wildman–Crippen LogP) is 4.17. The molecule has 2 nitrogen and oxygen atoms in total. The second kappa shape index (κ2) is 6.19. The van der Waals surface area contributed by atoms with Gasteiger partial charge >= 0.3 is 5.97 Å². The average molecular weight is 254 g/mol. The zero-order valence-electron chi connectivity index (χ0n) is 11.3. The van der Waals surface area contributed by atoms with E-state index in [1.54, 1.807) is 12.1 Å². The SMILES string of the molecule is CC(C)c1ccc(COC(=O)c2ccccc2)cc1. The molecule has 2 aromatic rings. The van der Waals surface area contributed by atoms with Gasteiger partial charge in [-0.05, 0) is 29.2 Å². The molecule has 0 amide bonds. The Kier molecular flexibility index (Phi) is 4.35. The van der Waals surface area contributed by atoms with E-state index >= 15 is 0 Å². The Balaban J connectivity index is 1.94. The highest BCUT2D eigenvalue weighted by molar-refractivity contribution is 5.89. The Hall–Kier alpha value is -2.09. The van der Waals surface area contributed by atoms with Gasteiger partial charge < -0.3 is 4.74 Å². The summed E-state index contributed by atoms with van der Waals surface area (Å²) < 4.78 is 5.28. The monoisotopic (exact) mass is 254 g/mol. The van der Waals surface area contributed by atoms with Crippen LogP contribution in [0.3, 0.4) is 0 Å². The van der Waals surface area contributed by atoms with Gasteiger partial charge in [0.1, 0.15) is 6.61 Å². The molecule has 0 heterocycles. The summed E-state index contributed by atoms with van der Waals surface area (Å²) in [7, 11) is 0. The number of carbonyl (C=O) groups excluding carboxylic acids is 1. The molecular formula is C17H18O2. The fourth-order valence-electron chi connectivity index (χ4n) is 1.81. The van der Waals surface area contributed by atoms with Crippen LogP contribution in [0.4, 0.5) is 0 Å². The second-order valence-electron chi connectivity index (χ2n) is 4.84. The first-order valence-electron chi connectivity index (χ1n) is 6.48. The maximum Gasteiger partial charge on any atom is 0.338 e. The van der Waals surface area contributed by atoms with Crippen LogP contribution in [-0.2, 0) is 11.3 Å². The molecule has 0 aliphatic heterocycles. The summed E-state index contributed by atoms with van der Waals surface area (Å²) in [5.41, 5.74) is 2.88. The molecule has 0 spiro atoms. The highest BCUT2D eigenvalue weighted by Gasteiger charge is 2.06. The third-order valence-corrected chi connectivity index (χ3v) is 3.03. The van der Waals surface area contributed by atoms with E-state index in [1.165, 1.54) is 5.56 Å². The van der Waals surface area contributed by atoms with Crippen molar-refractivity contribution in [1.29, 1.82) is 0 Å². The molecule has 0 aromatic heterocycles. The van der Waals surface area contributed by atoms with Crippen molar-refractivity contribution in [2.75, 3.05) is 0 Å². The molecule has 0 fully saturated rings. The van der Waals surface area contributed by atoms with Crippen LogP contribution in [0.1, 0.15) is 41.3 Å². The number of esters is 1. The summed E-state index contributed by atoms with van der Waals surface area (Å²) in [5, 5.41) is 0. The van der Waals surface area contributed by atoms with Crippen LogP contribution in [0.2, 0.25) is 0 Å². The maximum atomic E-state index is 11.8. The lowest BCUT2D eigenvalue weighted by atomic mass is 10.0. The molecular weight excluding hydrogens is 236 g/mol. The molecule has 0 saturated carbocycles. The van der Waals surface area contributed by atoms with Crippen LogP contribution >= 0.6 is 0 Å². The standard InChI is InChI=1S/C17H18O2/c1-13(2)15-10-8-14(9-11-15)12-19-17(18)16-6-4-3-5-7-16/h3-11,13H,12H2,1-2H3. The fraction of sp³-hybridized carbons (Fsp3) is 0.235. The summed E-state index contributed by atoms with van der Waals surface area (Å²) in [5.74, 6) is 0.231. The number of carbonyl (C=O) groups is 1. The summed E-state index contributed by atoms with van der Waals surface area (Å²) >= 11 is 0. The van der Waals surface area contributed by atoms with Gasteiger partial charge in [0.15, 0.2) is 0 Å². The van der Waals surface area contributed by atoms with E-state index in [9.17, 15) is 4.79 Å². The minimum atomic E-state index is -0.284. The van der Waals surface area contributed by atoms with Crippen molar-refractivity contribution in [2.24, 2.45) is 0 Å². The number of benzene rings is 2. The first kappa shape index (κ1) is 13.3. The molecule has 19 heavy (non-hydrogen) atoms. The van der Waals surface area contributed by atoms with Gasteiger partial charge in [-0.2, -0.15) is 0 Å². The number of ether oxygens (including phenoxy) is 1. The van der Waals surface area contributed by atoms with Crippen molar-refractivity contribution in [3.8, 4) is 0 Å². The van der Waals surface area contributed by atoms with Crippen LogP contribution in [0, 0.1) is 0 Å². The molecule has 98 valence electrons. The van der Waals surface area contributed by atoms with Gasteiger partial charge in [0.2, 0.25) is 0 Å². The maximum absolute atomic E-state index is 11.8. The zero-order valence-corrected chi connectivity index (χ0v) is 11.3. The van der Waals surface area contributed by atoms with Crippen LogP contribution in [0.25, 0.3) is 0 Å². The Morgan fingerprint density at radius 3 is 2.21 bits per heavy atom. The van der Waals surface area contributed by atoms with Gasteiger partial charge in [-0.3, -0.25) is 0 Å². The highest BCUT2D eigenvalue weighted by atomic mass is 16.5. The molecule has 0 unspecified atom stereocenters. The van der Waals surface area contributed by atoms with E-state index in [4.69, 9.17) is 4.74 Å². The Labute approximate surface area is 114 Å². The molecule has 0 aliphatic rings. The minimum Gasteiger partial charge on any atom is -0.457 e. The van der Waals surface area contributed by atoms with Gasteiger partial charge in [0.05, 0.1) is 5.56 Å². The lowest BCUT2D eigenvalue weighted by Gasteiger charge is -2.08. The quantitative estimate of drug-likeness (QED) is 0.765. The van der Waals surface area contributed by atoms with Gasteiger partial charge in [-0.25, -0.2) is 4.79 Å². The van der Waals surface area contributed by atoms with E-state index in [1.807, 2.05) is 30.3 Å². The van der Waals surface area contributed by atoms with Crippen LogP contribution in [0.5, 0.6) is 0 Å². The minimum absolute atomic E-state index is 0.284. The molecule has 2 heteroatoms. The van der Waals surface area contributed by atoms with Crippen molar-refractivity contribution in [3.63, 3.8) is 0 Å². The lowest BCUT2D eigenvalue weighted by molar-refractivity contribution is 0.0472. The molecule has 2 aromatic carbocycles. The Bertz CT molecular complexity index is 527. The van der Waals surface area contributed by atoms with Crippen molar-refractivity contribution in [1.82, 2.24) is 0 Å². The normalized spacial score (nSPS) is 10.5. The van der Waals surface area contributed by atoms with Crippen molar-refractivity contribution in [2.45, 2.75) is 26.4 Å². The zero-order chi connectivity index (χ0) is 13.7. The van der Waals surface area contributed by atoms with Crippen LogP contribution in [0.15, 0.2) is 54.6 Å². The number of hydrogen-bond acceptors (Lipinski definition) is 2. The summed E-state index contributed by atoms with van der Waals surface area (Å²) in [4.78, 5) is 11.8. The number of rotatable bonds is 4. The van der Waals surface area contributed by atoms with E-state index in [0.29, 0.717) is 18.1 Å². The predicted molar refractivity (Wildman–Crippen MR) is 76.1 cm³/mol. The molecule has 2 rings (SSSR count). The molecule has 0 radical (unpaired) electrons. The Morgan fingerprint density at radius 1 is 1.00 bits per heavy atom. The largest absolute Gasteiger partial charge is 0.457 e. The topological polar surface area (TPSA) is 26.3 Å². The van der Waals surface area contributed by atoms with E-state index in [0.717, 1.165) is 5.56 Å². The van der Waals surface area contributed by atoms with E-state index in [2.05, 4.69) is 26.0 Å². The van der Waals surface area contributed by atoms with Gasteiger partial charge in [0.25, 0.3) is 0 Å². The lowest BCUT2D eigenvalue weighted by Crippen LogP contribution is -2.04. The van der Waals surface area contributed by atoms with Crippen molar-refractivity contribution >= 4 is 5.97 Å². The van der Waals surface area contributed by atoms with Gasteiger partial charge in [0, 0.05) is 0 Å². The van der Waals surface area contributed by atoms with Crippen molar-refractivity contribution < 1.29 is 9.53 Å². The molecule has 0 saturated heterocycles. The molecule has 0 aliphatic carbocycles. The summed E-state index contributed by atoms with van der Waals surface area (Å²) in [6, 6.07) is 17.2. The van der Waals surface area contributed by atoms with E-state index < -0.39 is 0 Å². The first-order valence-corrected chi connectivity index (χ1v) is 6.48. The highest BCUT2D eigenvalue weighted by Crippen LogP contribution is 2.15. The number of hydrogen-bond donors (Lipinski definition) is 0. The molecule has 0 atom stereocenters. The Morgan fingerprint density at radius 2 is 1.63 bits per heavy atom. The third-order valence-electron chi connectivity index (χ3n) is 3.03. The second-order valence-corrected chi connectivity index (χ2v) is 4.84. The van der Waals surface area contributed by atoms with Gasteiger partial charge in [-0.1, -0.05) is 56.3 Å². The average Bonchev–Trinajstić information content (AvgIpc) is 2.46.